The monoisotopic (exact) mass is 445 g/mol. The molecule has 0 spiro atoms. The minimum atomic E-state index is -3.76. The number of ether oxygens (including phenoxy) is 1. The average molecular weight is 446 g/mol. The van der Waals surface area contributed by atoms with Crippen molar-refractivity contribution in [3.05, 3.63) is 78.1 Å². The molecule has 7 nitrogen and oxygen atoms in total. The number of sulfonamides is 1. The lowest BCUT2D eigenvalue weighted by atomic mass is 10.2. The first-order chi connectivity index (χ1) is 14.4. The van der Waals surface area contributed by atoms with Crippen molar-refractivity contribution in [1.29, 1.82) is 0 Å². The third kappa shape index (κ3) is 5.71. The zero-order valence-electron chi connectivity index (χ0n) is 16.1. The normalized spacial score (nSPS) is 12.1. The van der Waals surface area contributed by atoms with E-state index in [1.807, 2.05) is 6.92 Å². The number of hydrogen-bond donors (Lipinski definition) is 2. The van der Waals surface area contributed by atoms with Gasteiger partial charge in [0, 0.05) is 16.9 Å². The molecule has 0 saturated carbocycles. The minimum absolute atomic E-state index is 0.0616. The van der Waals surface area contributed by atoms with Gasteiger partial charge in [-0.05, 0) is 61.0 Å². The summed E-state index contributed by atoms with van der Waals surface area (Å²) in [5.41, 5.74) is 0.812. The summed E-state index contributed by atoms with van der Waals surface area (Å²) >= 11 is 5.95. The Bertz CT molecular complexity index is 1110. The Hall–Kier alpha value is -3.10. The van der Waals surface area contributed by atoms with Crippen LogP contribution in [0.2, 0.25) is 5.02 Å². The summed E-state index contributed by atoms with van der Waals surface area (Å²) < 4.78 is 33.1. The summed E-state index contributed by atoms with van der Waals surface area (Å²) in [4.78, 5) is 16.5. The molecular formula is C21H20ClN3O4S. The first-order valence-electron chi connectivity index (χ1n) is 9.13. The number of carbonyl (C=O) groups is 1. The van der Waals surface area contributed by atoms with Crippen LogP contribution in [0.5, 0.6) is 5.75 Å². The first-order valence-corrected chi connectivity index (χ1v) is 11.0. The van der Waals surface area contributed by atoms with E-state index in [1.54, 1.807) is 42.6 Å². The number of pyridine rings is 1. The number of anilines is 2. The molecule has 1 atom stereocenters. The second-order valence-corrected chi connectivity index (χ2v) is 8.45. The van der Waals surface area contributed by atoms with E-state index >= 15 is 0 Å². The maximum atomic E-state index is 12.5. The molecule has 9 heteroatoms. The second-order valence-electron chi connectivity index (χ2n) is 6.33. The highest BCUT2D eigenvalue weighted by Gasteiger charge is 2.19. The number of carbonyl (C=O) groups excluding carboxylic acids is 1. The molecule has 3 aromatic rings. The van der Waals surface area contributed by atoms with Crippen LogP contribution < -0.4 is 14.8 Å². The summed E-state index contributed by atoms with van der Waals surface area (Å²) in [6, 6.07) is 15.9. The third-order valence-corrected chi connectivity index (χ3v) is 5.72. The van der Waals surface area contributed by atoms with Gasteiger partial charge in [-0.1, -0.05) is 24.6 Å². The fourth-order valence-corrected chi connectivity index (χ4v) is 3.83. The number of hydrogen-bond acceptors (Lipinski definition) is 5. The van der Waals surface area contributed by atoms with Crippen LogP contribution in [0.25, 0.3) is 0 Å². The van der Waals surface area contributed by atoms with Gasteiger partial charge in [-0.15, -0.1) is 0 Å². The van der Waals surface area contributed by atoms with Gasteiger partial charge in [0.25, 0.3) is 15.9 Å². The van der Waals surface area contributed by atoms with Gasteiger partial charge in [0.2, 0.25) is 0 Å². The molecule has 3 rings (SSSR count). The molecule has 0 radical (unpaired) electrons. The molecule has 0 aliphatic carbocycles. The summed E-state index contributed by atoms with van der Waals surface area (Å²) in [6.07, 6.45) is 2.69. The van der Waals surface area contributed by atoms with E-state index in [0.717, 1.165) is 0 Å². The summed E-state index contributed by atoms with van der Waals surface area (Å²) in [5, 5.41) is 3.25. The SMILES string of the molecule is CC[C@H](Oc1cccc(Cl)c1)C(=O)Nc1ccc(S(=O)(=O)Nc2cccnc2)cc1. The Morgan fingerprint density at radius 2 is 1.87 bits per heavy atom. The molecule has 0 bridgehead atoms. The highest BCUT2D eigenvalue weighted by Crippen LogP contribution is 2.21. The number of aromatic nitrogens is 1. The number of halogens is 1. The maximum Gasteiger partial charge on any atom is 0.265 e. The van der Waals surface area contributed by atoms with Crippen molar-refractivity contribution in [2.24, 2.45) is 0 Å². The Balaban J connectivity index is 1.66. The topological polar surface area (TPSA) is 97.4 Å². The fourth-order valence-electron chi connectivity index (χ4n) is 2.60. The van der Waals surface area contributed by atoms with E-state index < -0.39 is 16.1 Å². The van der Waals surface area contributed by atoms with Gasteiger partial charge < -0.3 is 10.1 Å². The Morgan fingerprint density at radius 1 is 1.10 bits per heavy atom. The van der Waals surface area contributed by atoms with Gasteiger partial charge >= 0.3 is 0 Å². The molecule has 156 valence electrons. The maximum absolute atomic E-state index is 12.5. The quantitative estimate of drug-likeness (QED) is 0.537. The van der Waals surface area contributed by atoms with Crippen molar-refractivity contribution in [2.45, 2.75) is 24.3 Å². The lowest BCUT2D eigenvalue weighted by Gasteiger charge is -2.17. The molecule has 0 aliphatic rings. The molecule has 1 amide bonds. The van der Waals surface area contributed by atoms with E-state index in [1.165, 1.54) is 30.5 Å². The van der Waals surface area contributed by atoms with Crippen molar-refractivity contribution in [3.8, 4) is 5.75 Å². The standard InChI is InChI=1S/C21H20ClN3O4S/c1-2-20(29-18-7-3-5-15(22)13-18)21(26)24-16-8-10-19(11-9-16)30(27,28)25-17-6-4-12-23-14-17/h3-14,20,25H,2H2,1H3,(H,24,26)/t20-/m0/s1. The lowest BCUT2D eigenvalue weighted by Crippen LogP contribution is -2.32. The summed E-state index contributed by atoms with van der Waals surface area (Å²) in [7, 11) is -3.76. The van der Waals surface area contributed by atoms with Crippen molar-refractivity contribution >= 4 is 38.9 Å². The van der Waals surface area contributed by atoms with Crippen LogP contribution in [0.15, 0.2) is 78.0 Å². The number of nitrogens with one attached hydrogen (secondary N) is 2. The van der Waals surface area contributed by atoms with Crippen LogP contribution in [0.3, 0.4) is 0 Å². The van der Waals surface area contributed by atoms with E-state index in [-0.39, 0.29) is 10.8 Å². The fraction of sp³-hybridized carbons (Fsp3) is 0.143. The predicted molar refractivity (Wildman–Crippen MR) is 116 cm³/mol. The smallest absolute Gasteiger partial charge is 0.265 e. The lowest BCUT2D eigenvalue weighted by molar-refractivity contribution is -0.122. The van der Waals surface area contributed by atoms with Gasteiger partial charge in [-0.25, -0.2) is 8.42 Å². The predicted octanol–water partition coefficient (Wildman–Crippen LogP) is 4.33. The number of benzene rings is 2. The summed E-state index contributed by atoms with van der Waals surface area (Å²) in [5.74, 6) is 0.147. The number of rotatable bonds is 8. The molecule has 0 saturated heterocycles. The number of amides is 1. The zero-order chi connectivity index (χ0) is 21.6. The Morgan fingerprint density at radius 3 is 2.50 bits per heavy atom. The Kier molecular flexibility index (Phi) is 6.91. The van der Waals surface area contributed by atoms with Crippen LogP contribution in [0.1, 0.15) is 13.3 Å². The molecule has 0 unspecified atom stereocenters. The molecule has 2 N–H and O–H groups in total. The van der Waals surface area contributed by atoms with Gasteiger partial charge in [0.15, 0.2) is 6.10 Å². The summed E-state index contributed by atoms with van der Waals surface area (Å²) in [6.45, 7) is 1.83. The first kappa shape index (κ1) is 21.6. The van der Waals surface area contributed by atoms with Crippen LogP contribution in [-0.4, -0.2) is 25.4 Å². The molecule has 0 aliphatic heterocycles. The van der Waals surface area contributed by atoms with Gasteiger partial charge in [0.1, 0.15) is 5.75 Å². The molecule has 30 heavy (non-hydrogen) atoms. The van der Waals surface area contributed by atoms with Crippen LogP contribution in [0.4, 0.5) is 11.4 Å². The van der Waals surface area contributed by atoms with Crippen molar-refractivity contribution in [2.75, 3.05) is 10.0 Å². The van der Waals surface area contributed by atoms with Gasteiger partial charge in [-0.2, -0.15) is 0 Å². The van der Waals surface area contributed by atoms with Crippen molar-refractivity contribution < 1.29 is 17.9 Å². The molecule has 1 heterocycles. The third-order valence-electron chi connectivity index (χ3n) is 4.08. The molecular weight excluding hydrogens is 426 g/mol. The van der Waals surface area contributed by atoms with Crippen LogP contribution in [0, 0.1) is 0 Å². The molecule has 1 aromatic heterocycles. The minimum Gasteiger partial charge on any atom is -0.481 e. The average Bonchev–Trinajstić information content (AvgIpc) is 2.73. The van der Waals surface area contributed by atoms with Crippen molar-refractivity contribution in [1.82, 2.24) is 4.98 Å². The largest absolute Gasteiger partial charge is 0.481 e. The molecule has 2 aromatic carbocycles. The van der Waals surface area contributed by atoms with E-state index in [4.69, 9.17) is 16.3 Å². The highest BCUT2D eigenvalue weighted by atomic mass is 35.5. The second kappa shape index (κ2) is 9.60. The van der Waals surface area contributed by atoms with E-state index in [0.29, 0.717) is 28.6 Å². The molecule has 0 fully saturated rings. The number of nitrogens with zero attached hydrogens (tertiary/aromatic N) is 1. The van der Waals surface area contributed by atoms with Gasteiger partial charge in [-0.3, -0.25) is 14.5 Å². The van der Waals surface area contributed by atoms with Crippen LogP contribution in [-0.2, 0) is 14.8 Å². The van der Waals surface area contributed by atoms with E-state index in [9.17, 15) is 13.2 Å². The Labute approximate surface area is 180 Å². The van der Waals surface area contributed by atoms with Gasteiger partial charge in [0.05, 0.1) is 16.8 Å². The highest BCUT2D eigenvalue weighted by molar-refractivity contribution is 7.92. The van der Waals surface area contributed by atoms with Crippen molar-refractivity contribution in [3.63, 3.8) is 0 Å². The zero-order valence-corrected chi connectivity index (χ0v) is 17.7. The van der Waals surface area contributed by atoms with E-state index in [2.05, 4.69) is 15.0 Å². The van der Waals surface area contributed by atoms with Crippen LogP contribution >= 0.6 is 11.6 Å².